The Labute approximate surface area is 116 Å². The zero-order valence-electron chi connectivity index (χ0n) is 11.7. The molecule has 2 N–H and O–H groups in total. The Balaban J connectivity index is 2.76. The first-order valence-corrected chi connectivity index (χ1v) is 8.18. The molecular formula is C14H23NO3S. The van der Waals surface area contributed by atoms with Gasteiger partial charge in [-0.2, -0.15) is 0 Å². The summed E-state index contributed by atoms with van der Waals surface area (Å²) in [5.41, 5.74) is 0.937. The van der Waals surface area contributed by atoms with Crippen LogP contribution in [0.1, 0.15) is 32.3 Å². The fourth-order valence-electron chi connectivity index (χ4n) is 1.71. The van der Waals surface area contributed by atoms with E-state index in [4.69, 9.17) is 9.88 Å². The highest BCUT2D eigenvalue weighted by atomic mass is 32.2. The molecule has 2 unspecified atom stereocenters. The van der Waals surface area contributed by atoms with Gasteiger partial charge in [-0.25, -0.2) is 13.6 Å². The number of primary sulfonamides is 1. The van der Waals surface area contributed by atoms with Crippen LogP contribution in [-0.2, 0) is 14.8 Å². The lowest BCUT2D eigenvalue weighted by atomic mass is 10.0. The van der Waals surface area contributed by atoms with Crippen molar-refractivity contribution in [3.63, 3.8) is 0 Å². The standard InChI is InChI=1S/C14H23NO3S/c1-11(2)12(3)18-9-14(10-19(15,16)17)13-7-5-4-6-8-13/h4-8,11-12,14H,9-10H2,1-3H3,(H2,15,16,17). The summed E-state index contributed by atoms with van der Waals surface area (Å²) in [7, 11) is -3.52. The monoisotopic (exact) mass is 285 g/mol. The summed E-state index contributed by atoms with van der Waals surface area (Å²) in [6, 6.07) is 9.47. The van der Waals surface area contributed by atoms with Crippen molar-refractivity contribution >= 4 is 10.0 Å². The number of sulfonamides is 1. The predicted molar refractivity (Wildman–Crippen MR) is 77.4 cm³/mol. The molecule has 0 heterocycles. The summed E-state index contributed by atoms with van der Waals surface area (Å²) in [6.07, 6.45) is 0.0895. The van der Waals surface area contributed by atoms with Crippen molar-refractivity contribution in [2.24, 2.45) is 11.1 Å². The average molecular weight is 285 g/mol. The zero-order chi connectivity index (χ0) is 14.5. The number of ether oxygens (including phenoxy) is 1. The number of benzene rings is 1. The van der Waals surface area contributed by atoms with Gasteiger partial charge >= 0.3 is 0 Å². The molecule has 4 nitrogen and oxygen atoms in total. The van der Waals surface area contributed by atoms with E-state index in [2.05, 4.69) is 13.8 Å². The fourth-order valence-corrected chi connectivity index (χ4v) is 2.56. The van der Waals surface area contributed by atoms with Crippen molar-refractivity contribution in [2.45, 2.75) is 32.8 Å². The van der Waals surface area contributed by atoms with Crippen molar-refractivity contribution in [2.75, 3.05) is 12.4 Å². The molecule has 1 aromatic rings. The van der Waals surface area contributed by atoms with Crippen LogP contribution in [0.3, 0.4) is 0 Å². The Bertz CT molecular complexity index is 471. The first-order valence-electron chi connectivity index (χ1n) is 6.46. The van der Waals surface area contributed by atoms with Gasteiger partial charge in [0.1, 0.15) is 0 Å². The van der Waals surface area contributed by atoms with Crippen LogP contribution in [0.15, 0.2) is 30.3 Å². The highest BCUT2D eigenvalue weighted by Gasteiger charge is 2.20. The number of rotatable bonds is 7. The van der Waals surface area contributed by atoms with Crippen molar-refractivity contribution in [3.05, 3.63) is 35.9 Å². The zero-order valence-corrected chi connectivity index (χ0v) is 12.6. The average Bonchev–Trinajstić information content (AvgIpc) is 2.33. The Hall–Kier alpha value is -0.910. The van der Waals surface area contributed by atoms with Crippen molar-refractivity contribution in [3.8, 4) is 0 Å². The van der Waals surface area contributed by atoms with Gasteiger partial charge in [0.05, 0.1) is 18.5 Å². The summed E-state index contributed by atoms with van der Waals surface area (Å²) in [4.78, 5) is 0. The normalized spacial score (nSPS) is 15.4. The Morgan fingerprint density at radius 1 is 1.16 bits per heavy atom. The number of nitrogens with two attached hydrogens (primary N) is 1. The van der Waals surface area contributed by atoms with E-state index < -0.39 is 10.0 Å². The number of hydrogen-bond acceptors (Lipinski definition) is 3. The van der Waals surface area contributed by atoms with Crippen molar-refractivity contribution in [1.82, 2.24) is 0 Å². The first-order chi connectivity index (χ1) is 8.79. The maximum Gasteiger partial charge on any atom is 0.209 e. The lowest BCUT2D eigenvalue weighted by Gasteiger charge is -2.22. The lowest BCUT2D eigenvalue weighted by Crippen LogP contribution is -2.27. The Morgan fingerprint density at radius 2 is 1.74 bits per heavy atom. The quantitative estimate of drug-likeness (QED) is 0.834. The Morgan fingerprint density at radius 3 is 2.21 bits per heavy atom. The molecule has 1 aromatic carbocycles. The van der Waals surface area contributed by atoms with Gasteiger partial charge in [0, 0.05) is 5.92 Å². The van der Waals surface area contributed by atoms with E-state index in [9.17, 15) is 8.42 Å². The molecule has 0 bridgehead atoms. The maximum atomic E-state index is 11.3. The van der Waals surface area contributed by atoms with Gasteiger partial charge in [-0.15, -0.1) is 0 Å². The molecule has 1 rings (SSSR count). The summed E-state index contributed by atoms with van der Waals surface area (Å²) < 4.78 is 28.4. The molecule has 0 amide bonds. The van der Waals surface area contributed by atoms with E-state index in [1.165, 1.54) is 0 Å². The molecular weight excluding hydrogens is 262 g/mol. The molecule has 0 saturated carbocycles. The van der Waals surface area contributed by atoms with E-state index in [-0.39, 0.29) is 17.8 Å². The van der Waals surface area contributed by atoms with Crippen molar-refractivity contribution in [1.29, 1.82) is 0 Å². The van der Waals surface area contributed by atoms with Gasteiger partial charge in [-0.05, 0) is 18.4 Å². The molecule has 0 aromatic heterocycles. The molecule has 0 radical (unpaired) electrons. The molecule has 0 fully saturated rings. The van der Waals surface area contributed by atoms with Crippen molar-refractivity contribution < 1.29 is 13.2 Å². The van der Waals surface area contributed by atoms with Gasteiger partial charge in [-0.1, -0.05) is 44.2 Å². The molecule has 0 aliphatic rings. The first kappa shape index (κ1) is 16.1. The predicted octanol–water partition coefficient (Wildman–Crippen LogP) is 2.12. The summed E-state index contributed by atoms with van der Waals surface area (Å²) in [6.45, 7) is 6.49. The van der Waals surface area contributed by atoms with Gasteiger partial charge in [0.25, 0.3) is 0 Å². The largest absolute Gasteiger partial charge is 0.378 e. The van der Waals surface area contributed by atoms with Gasteiger partial charge in [-0.3, -0.25) is 0 Å². The molecule has 5 heteroatoms. The molecule has 108 valence electrons. The van der Waals surface area contributed by atoms with Crippen LogP contribution in [0.25, 0.3) is 0 Å². The minimum Gasteiger partial charge on any atom is -0.378 e. The van der Waals surface area contributed by atoms with Gasteiger partial charge < -0.3 is 4.74 Å². The van der Waals surface area contributed by atoms with E-state index >= 15 is 0 Å². The highest BCUT2D eigenvalue weighted by molar-refractivity contribution is 7.89. The minimum absolute atomic E-state index is 0.0895. The third kappa shape index (κ3) is 6.18. The summed E-state index contributed by atoms with van der Waals surface area (Å²) in [5, 5.41) is 5.16. The van der Waals surface area contributed by atoms with E-state index in [1.807, 2.05) is 37.3 Å². The molecule has 19 heavy (non-hydrogen) atoms. The van der Waals surface area contributed by atoms with Gasteiger partial charge in [0.15, 0.2) is 0 Å². The van der Waals surface area contributed by atoms with Crippen LogP contribution in [0, 0.1) is 5.92 Å². The van der Waals surface area contributed by atoms with E-state index in [0.29, 0.717) is 12.5 Å². The van der Waals surface area contributed by atoms with Crippen LogP contribution < -0.4 is 5.14 Å². The third-order valence-electron chi connectivity index (χ3n) is 3.20. The second-order valence-corrected chi connectivity index (χ2v) is 6.88. The van der Waals surface area contributed by atoms with Crippen LogP contribution in [0.5, 0.6) is 0 Å². The molecule has 0 saturated heterocycles. The SMILES string of the molecule is CC(C)C(C)OCC(CS(N)(=O)=O)c1ccccc1. The van der Waals surface area contributed by atoms with Gasteiger partial charge in [0.2, 0.25) is 10.0 Å². The lowest BCUT2D eigenvalue weighted by molar-refractivity contribution is 0.0291. The fraction of sp³-hybridized carbons (Fsp3) is 0.571. The van der Waals surface area contributed by atoms with Crippen LogP contribution in [0.2, 0.25) is 0 Å². The van der Waals surface area contributed by atoms with Crippen LogP contribution >= 0.6 is 0 Å². The summed E-state index contributed by atoms with van der Waals surface area (Å²) >= 11 is 0. The van der Waals surface area contributed by atoms with E-state index in [1.54, 1.807) is 0 Å². The molecule has 0 spiro atoms. The molecule has 0 aliphatic heterocycles. The highest BCUT2D eigenvalue weighted by Crippen LogP contribution is 2.19. The summed E-state index contributed by atoms with van der Waals surface area (Å²) in [5.74, 6) is 0.0743. The molecule has 0 aliphatic carbocycles. The third-order valence-corrected chi connectivity index (χ3v) is 4.07. The van der Waals surface area contributed by atoms with Crippen LogP contribution in [-0.4, -0.2) is 26.9 Å². The topological polar surface area (TPSA) is 69.4 Å². The minimum atomic E-state index is -3.52. The van der Waals surface area contributed by atoms with E-state index in [0.717, 1.165) is 5.56 Å². The maximum absolute atomic E-state index is 11.3. The second-order valence-electron chi connectivity index (χ2n) is 5.22. The molecule has 2 atom stereocenters. The number of hydrogen-bond donors (Lipinski definition) is 1. The second kappa shape index (κ2) is 7.03. The van der Waals surface area contributed by atoms with Crippen LogP contribution in [0.4, 0.5) is 0 Å². The smallest absolute Gasteiger partial charge is 0.209 e. The Kier molecular flexibility index (Phi) is 5.97.